The Morgan fingerprint density at radius 1 is 1.03 bits per heavy atom. The molecule has 2 amide bonds. The summed E-state index contributed by atoms with van der Waals surface area (Å²) >= 11 is 0. The van der Waals surface area contributed by atoms with Crippen molar-refractivity contribution in [1.82, 2.24) is 9.88 Å². The minimum atomic E-state index is -0.842. The maximum atomic E-state index is 13.3. The van der Waals surface area contributed by atoms with Crippen LogP contribution in [0.25, 0.3) is 11.1 Å². The van der Waals surface area contributed by atoms with Gasteiger partial charge in [0.2, 0.25) is 5.91 Å². The van der Waals surface area contributed by atoms with E-state index in [1.165, 1.54) is 7.11 Å². The number of carbonyl (C=O) groups is 3. The summed E-state index contributed by atoms with van der Waals surface area (Å²) in [6.45, 7) is 15.6. The molecule has 9 nitrogen and oxygen atoms in total. The molecule has 204 valence electrons. The van der Waals surface area contributed by atoms with Gasteiger partial charge < -0.3 is 24.2 Å². The van der Waals surface area contributed by atoms with Crippen LogP contribution in [0.4, 0.5) is 16.3 Å². The number of amides is 2. The second-order valence-corrected chi connectivity index (χ2v) is 11.7. The third-order valence-electron chi connectivity index (χ3n) is 7.01. The van der Waals surface area contributed by atoms with Gasteiger partial charge in [0.15, 0.2) is 0 Å². The van der Waals surface area contributed by atoms with Crippen molar-refractivity contribution in [2.75, 3.05) is 43.1 Å². The van der Waals surface area contributed by atoms with Crippen molar-refractivity contribution in [3.63, 3.8) is 0 Å². The van der Waals surface area contributed by atoms with Gasteiger partial charge in [-0.1, -0.05) is 0 Å². The number of piperazine rings is 1. The number of pyridine rings is 1. The van der Waals surface area contributed by atoms with Crippen molar-refractivity contribution in [2.45, 2.75) is 65.5 Å². The molecule has 1 aromatic carbocycles. The molecule has 0 unspecified atom stereocenters. The highest BCUT2D eigenvalue weighted by molar-refractivity contribution is 6.12. The second-order valence-electron chi connectivity index (χ2n) is 11.7. The van der Waals surface area contributed by atoms with E-state index in [-0.39, 0.29) is 18.0 Å². The molecular formula is C29H38N4O5. The zero-order valence-corrected chi connectivity index (χ0v) is 23.6. The summed E-state index contributed by atoms with van der Waals surface area (Å²) in [5, 5.41) is 0. The van der Waals surface area contributed by atoms with Crippen molar-refractivity contribution in [2.24, 2.45) is 0 Å². The first-order valence-corrected chi connectivity index (χ1v) is 13.0. The Bertz CT molecular complexity index is 1240. The third-order valence-corrected chi connectivity index (χ3v) is 7.01. The standard InChI is InChI=1S/C29H38N4O5/c1-18(2)33-22-16-20(15-21(25(34)37-8)24(22)29(6,7)26(33)35)19-9-10-23(30-17-19)31-11-13-32(14-12-31)27(36)38-28(3,4)5/h9-10,15-18H,11-14H2,1-8H3. The van der Waals surface area contributed by atoms with E-state index in [0.717, 1.165) is 22.6 Å². The molecule has 0 atom stereocenters. The highest BCUT2D eigenvalue weighted by Gasteiger charge is 2.47. The van der Waals surface area contributed by atoms with Gasteiger partial charge in [0, 0.05) is 55.2 Å². The fourth-order valence-electron chi connectivity index (χ4n) is 5.13. The molecule has 1 saturated heterocycles. The van der Waals surface area contributed by atoms with Crippen LogP contribution in [-0.4, -0.2) is 72.8 Å². The van der Waals surface area contributed by atoms with Crippen LogP contribution in [0.2, 0.25) is 0 Å². The monoisotopic (exact) mass is 522 g/mol. The molecule has 2 aliphatic heterocycles. The molecule has 0 spiro atoms. The quantitative estimate of drug-likeness (QED) is 0.541. The Morgan fingerprint density at radius 3 is 2.21 bits per heavy atom. The number of ether oxygens (including phenoxy) is 2. The van der Waals surface area contributed by atoms with Crippen molar-refractivity contribution in [1.29, 1.82) is 0 Å². The molecule has 3 heterocycles. The van der Waals surface area contributed by atoms with Gasteiger partial charge in [0.25, 0.3) is 0 Å². The summed E-state index contributed by atoms with van der Waals surface area (Å²) in [5.74, 6) is 0.304. The van der Waals surface area contributed by atoms with Crippen molar-refractivity contribution < 1.29 is 23.9 Å². The van der Waals surface area contributed by atoms with Gasteiger partial charge in [-0.15, -0.1) is 0 Å². The Balaban J connectivity index is 1.60. The van der Waals surface area contributed by atoms with Crippen LogP contribution in [0.15, 0.2) is 30.5 Å². The number of rotatable bonds is 4. The number of nitrogens with zero attached hydrogens (tertiary/aromatic N) is 4. The minimum absolute atomic E-state index is 0.0381. The molecule has 9 heteroatoms. The Labute approximate surface area is 224 Å². The Morgan fingerprint density at radius 2 is 1.68 bits per heavy atom. The van der Waals surface area contributed by atoms with Crippen LogP contribution in [0.3, 0.4) is 0 Å². The van der Waals surface area contributed by atoms with Crippen molar-refractivity contribution in [3.8, 4) is 11.1 Å². The van der Waals surface area contributed by atoms with Crippen LogP contribution in [0, 0.1) is 0 Å². The molecule has 0 saturated carbocycles. The highest BCUT2D eigenvalue weighted by atomic mass is 16.6. The molecule has 0 N–H and O–H groups in total. The van der Waals surface area contributed by atoms with Crippen LogP contribution in [0.5, 0.6) is 0 Å². The van der Waals surface area contributed by atoms with Gasteiger partial charge in [-0.05, 0) is 78.3 Å². The zero-order chi connectivity index (χ0) is 28.0. The van der Waals surface area contributed by atoms with E-state index < -0.39 is 17.0 Å². The van der Waals surface area contributed by atoms with Gasteiger partial charge in [-0.2, -0.15) is 0 Å². The largest absolute Gasteiger partial charge is 0.465 e. The van der Waals surface area contributed by atoms with E-state index in [0.29, 0.717) is 37.3 Å². The molecule has 2 aromatic rings. The number of anilines is 2. The summed E-state index contributed by atoms with van der Waals surface area (Å²) < 4.78 is 10.6. The summed E-state index contributed by atoms with van der Waals surface area (Å²) in [4.78, 5) is 48.8. The zero-order valence-electron chi connectivity index (χ0n) is 23.6. The van der Waals surface area contributed by atoms with Gasteiger partial charge in [0.1, 0.15) is 11.4 Å². The minimum Gasteiger partial charge on any atom is -0.465 e. The predicted molar refractivity (Wildman–Crippen MR) is 147 cm³/mol. The van der Waals surface area contributed by atoms with Crippen LogP contribution < -0.4 is 9.80 Å². The Hall–Kier alpha value is -3.62. The molecular weight excluding hydrogens is 484 g/mol. The molecule has 38 heavy (non-hydrogen) atoms. The molecule has 1 fully saturated rings. The number of esters is 1. The molecule has 0 radical (unpaired) electrons. The van der Waals surface area contributed by atoms with Crippen molar-refractivity contribution >= 4 is 29.5 Å². The summed E-state index contributed by atoms with van der Waals surface area (Å²) in [7, 11) is 1.35. The van der Waals surface area contributed by atoms with Crippen molar-refractivity contribution in [3.05, 3.63) is 41.6 Å². The Kier molecular flexibility index (Phi) is 7.16. The summed E-state index contributed by atoms with van der Waals surface area (Å²) in [6, 6.07) is 7.60. The van der Waals surface area contributed by atoms with E-state index in [9.17, 15) is 14.4 Å². The highest BCUT2D eigenvalue weighted by Crippen LogP contribution is 2.46. The number of hydrogen-bond acceptors (Lipinski definition) is 7. The van der Waals surface area contributed by atoms with Gasteiger partial charge in [-0.25, -0.2) is 14.6 Å². The number of hydrogen-bond donors (Lipinski definition) is 0. The van der Waals surface area contributed by atoms with E-state index in [4.69, 9.17) is 9.47 Å². The SMILES string of the molecule is COC(=O)c1cc(-c2ccc(N3CCN(C(=O)OC(C)(C)C)CC3)nc2)cc2c1C(C)(C)C(=O)N2C(C)C. The number of benzene rings is 1. The lowest BCUT2D eigenvalue weighted by molar-refractivity contribution is -0.122. The smallest absolute Gasteiger partial charge is 0.410 e. The van der Waals surface area contributed by atoms with Crippen LogP contribution in [0.1, 0.15) is 64.4 Å². The number of methoxy groups -OCH3 is 1. The first-order chi connectivity index (χ1) is 17.7. The molecule has 4 rings (SSSR count). The first-order valence-electron chi connectivity index (χ1n) is 13.0. The van der Waals surface area contributed by atoms with Gasteiger partial charge >= 0.3 is 12.1 Å². The average molecular weight is 523 g/mol. The lowest BCUT2D eigenvalue weighted by Crippen LogP contribution is -2.50. The summed E-state index contributed by atoms with van der Waals surface area (Å²) in [6.07, 6.45) is 1.48. The normalized spacial score (nSPS) is 17.1. The molecule has 2 aliphatic rings. The number of carbonyl (C=O) groups excluding carboxylic acids is 3. The molecule has 0 aliphatic carbocycles. The fraction of sp³-hybridized carbons (Fsp3) is 0.517. The van der Waals surface area contributed by atoms with Gasteiger partial charge in [0.05, 0.1) is 18.1 Å². The first kappa shape index (κ1) is 27.4. The van der Waals surface area contributed by atoms with Gasteiger partial charge in [-0.3, -0.25) is 4.79 Å². The van der Waals surface area contributed by atoms with Crippen LogP contribution in [-0.2, 0) is 19.7 Å². The third kappa shape index (κ3) is 5.06. The maximum absolute atomic E-state index is 13.3. The van der Waals surface area contributed by atoms with E-state index in [1.807, 2.05) is 66.7 Å². The maximum Gasteiger partial charge on any atom is 0.410 e. The number of fused-ring (bicyclic) bond motifs is 1. The topological polar surface area (TPSA) is 92.3 Å². The second kappa shape index (κ2) is 9.93. The van der Waals surface area contributed by atoms with E-state index in [1.54, 1.807) is 22.1 Å². The molecule has 0 bridgehead atoms. The lowest BCUT2D eigenvalue weighted by atomic mass is 9.82. The molecule has 1 aromatic heterocycles. The average Bonchev–Trinajstić information content (AvgIpc) is 3.07. The lowest BCUT2D eigenvalue weighted by Gasteiger charge is -2.36. The van der Waals surface area contributed by atoms with E-state index >= 15 is 0 Å². The van der Waals surface area contributed by atoms with Crippen LogP contribution >= 0.6 is 0 Å². The predicted octanol–water partition coefficient (Wildman–Crippen LogP) is 4.62. The fourth-order valence-corrected chi connectivity index (χ4v) is 5.13. The number of aromatic nitrogens is 1. The van der Waals surface area contributed by atoms with E-state index in [2.05, 4.69) is 9.88 Å². The summed E-state index contributed by atoms with van der Waals surface area (Å²) in [5.41, 5.74) is 2.07.